The molecule has 1 saturated heterocycles. The Labute approximate surface area is 102 Å². The van der Waals surface area contributed by atoms with Gasteiger partial charge < -0.3 is 9.64 Å². The first-order valence-corrected chi connectivity index (χ1v) is 5.89. The number of carbonyl (C=O) groups is 1. The summed E-state index contributed by atoms with van der Waals surface area (Å²) >= 11 is 0. The highest BCUT2D eigenvalue weighted by atomic mass is 16.6. The number of carbonyl (C=O) groups excluding carboxylic acids is 1. The molecule has 1 fully saturated rings. The molecule has 3 nitrogen and oxygen atoms in total. The van der Waals surface area contributed by atoms with Gasteiger partial charge >= 0.3 is 0 Å². The van der Waals surface area contributed by atoms with E-state index in [0.717, 1.165) is 0 Å². The van der Waals surface area contributed by atoms with Gasteiger partial charge in [0.15, 0.2) is 5.60 Å². The Morgan fingerprint density at radius 2 is 1.94 bits per heavy atom. The Balaban J connectivity index is 2.13. The van der Waals surface area contributed by atoms with Crippen LogP contribution in [0.15, 0.2) is 18.2 Å². The number of likely N-dealkylation sites (N-methyl/N-ethyl adjacent to an activating group) is 1. The fourth-order valence-corrected chi connectivity index (χ4v) is 2.04. The van der Waals surface area contributed by atoms with E-state index in [1.165, 1.54) is 16.7 Å². The molecule has 1 unspecified atom stereocenters. The van der Waals surface area contributed by atoms with Crippen molar-refractivity contribution in [2.45, 2.75) is 32.9 Å². The third kappa shape index (κ3) is 2.34. The van der Waals surface area contributed by atoms with Crippen LogP contribution in [-0.4, -0.2) is 30.1 Å². The van der Waals surface area contributed by atoms with Gasteiger partial charge in [-0.25, -0.2) is 0 Å². The molecular weight excluding hydrogens is 214 g/mol. The highest BCUT2D eigenvalue weighted by molar-refractivity contribution is 5.87. The third-order valence-corrected chi connectivity index (χ3v) is 3.42. The van der Waals surface area contributed by atoms with Crippen LogP contribution in [0.2, 0.25) is 0 Å². The van der Waals surface area contributed by atoms with Crippen molar-refractivity contribution in [3.8, 4) is 0 Å². The van der Waals surface area contributed by atoms with E-state index in [1.54, 1.807) is 4.90 Å². The summed E-state index contributed by atoms with van der Waals surface area (Å²) in [6, 6.07) is 6.20. The molecule has 0 radical (unpaired) electrons. The lowest BCUT2D eigenvalue weighted by atomic mass is 10.0. The molecule has 2 rings (SSSR count). The van der Waals surface area contributed by atoms with E-state index < -0.39 is 5.60 Å². The van der Waals surface area contributed by atoms with Crippen molar-refractivity contribution >= 4 is 5.91 Å². The second kappa shape index (κ2) is 4.15. The molecule has 1 atom stereocenters. The minimum absolute atomic E-state index is 0.0696. The number of rotatable bonds is 3. The van der Waals surface area contributed by atoms with Crippen molar-refractivity contribution in [1.82, 2.24) is 4.90 Å². The van der Waals surface area contributed by atoms with Gasteiger partial charge in [0.25, 0.3) is 5.91 Å². The van der Waals surface area contributed by atoms with E-state index in [9.17, 15) is 4.79 Å². The number of ether oxygens (including phenoxy) is 1. The molecule has 1 aliphatic rings. The zero-order valence-corrected chi connectivity index (χ0v) is 10.9. The summed E-state index contributed by atoms with van der Waals surface area (Å²) in [5.41, 5.74) is 3.12. The summed E-state index contributed by atoms with van der Waals surface area (Å²) < 4.78 is 5.19. The van der Waals surface area contributed by atoms with Gasteiger partial charge in [-0.3, -0.25) is 4.79 Å². The average molecular weight is 233 g/mol. The van der Waals surface area contributed by atoms with Crippen LogP contribution in [0, 0.1) is 13.8 Å². The van der Waals surface area contributed by atoms with E-state index in [-0.39, 0.29) is 5.91 Å². The molecule has 1 aliphatic heterocycles. The summed E-state index contributed by atoms with van der Waals surface area (Å²) in [6.45, 7) is 7.20. The zero-order chi connectivity index (χ0) is 12.6. The fraction of sp³-hybridized carbons (Fsp3) is 0.500. The largest absolute Gasteiger partial charge is 0.359 e. The van der Waals surface area contributed by atoms with Crippen molar-refractivity contribution in [2.75, 3.05) is 13.7 Å². The van der Waals surface area contributed by atoms with Gasteiger partial charge in [0, 0.05) is 13.6 Å². The van der Waals surface area contributed by atoms with E-state index in [1.807, 2.05) is 20.0 Å². The predicted octanol–water partition coefficient (Wildman–Crippen LogP) is 2.05. The number of benzene rings is 1. The maximum Gasteiger partial charge on any atom is 0.256 e. The highest BCUT2D eigenvalue weighted by Crippen LogP contribution is 2.28. The molecule has 0 bridgehead atoms. The van der Waals surface area contributed by atoms with E-state index in [2.05, 4.69) is 26.0 Å². The van der Waals surface area contributed by atoms with Gasteiger partial charge in [0.05, 0.1) is 6.61 Å². The van der Waals surface area contributed by atoms with Crippen molar-refractivity contribution < 1.29 is 9.53 Å². The molecule has 1 heterocycles. The molecule has 17 heavy (non-hydrogen) atoms. The zero-order valence-electron chi connectivity index (χ0n) is 10.9. The molecule has 92 valence electrons. The Kier molecular flexibility index (Phi) is 2.96. The molecule has 0 aliphatic carbocycles. The Morgan fingerprint density at radius 3 is 2.41 bits per heavy atom. The van der Waals surface area contributed by atoms with Crippen molar-refractivity contribution in [3.05, 3.63) is 34.9 Å². The van der Waals surface area contributed by atoms with Gasteiger partial charge in [0.1, 0.15) is 0 Å². The lowest BCUT2D eigenvalue weighted by Crippen LogP contribution is -2.37. The summed E-state index contributed by atoms with van der Waals surface area (Å²) in [5, 5.41) is 0. The average Bonchev–Trinajstić information content (AvgIpc) is 3.02. The van der Waals surface area contributed by atoms with Gasteiger partial charge in [-0.1, -0.05) is 18.2 Å². The van der Waals surface area contributed by atoms with Crippen LogP contribution in [0.1, 0.15) is 23.6 Å². The van der Waals surface area contributed by atoms with Gasteiger partial charge in [-0.15, -0.1) is 0 Å². The van der Waals surface area contributed by atoms with Crippen LogP contribution in [0.4, 0.5) is 0 Å². The number of hydrogen-bond donors (Lipinski definition) is 0. The number of aryl methyl sites for hydroxylation is 2. The lowest BCUT2D eigenvalue weighted by molar-refractivity contribution is -0.135. The van der Waals surface area contributed by atoms with Gasteiger partial charge in [-0.2, -0.15) is 0 Å². The first kappa shape index (κ1) is 12.1. The smallest absolute Gasteiger partial charge is 0.256 e. The summed E-state index contributed by atoms with van der Waals surface area (Å²) in [7, 11) is 1.83. The van der Waals surface area contributed by atoms with E-state index >= 15 is 0 Å². The van der Waals surface area contributed by atoms with Crippen molar-refractivity contribution in [3.63, 3.8) is 0 Å². The first-order valence-electron chi connectivity index (χ1n) is 5.89. The number of epoxide rings is 1. The summed E-state index contributed by atoms with van der Waals surface area (Å²) in [5.74, 6) is 0.0696. The second-order valence-electron chi connectivity index (χ2n) is 5.05. The summed E-state index contributed by atoms with van der Waals surface area (Å²) in [4.78, 5) is 13.8. The van der Waals surface area contributed by atoms with Crippen LogP contribution in [-0.2, 0) is 16.1 Å². The molecule has 3 heteroatoms. The van der Waals surface area contributed by atoms with Crippen LogP contribution >= 0.6 is 0 Å². The fourth-order valence-electron chi connectivity index (χ4n) is 2.04. The number of amides is 1. The minimum atomic E-state index is -0.564. The SMILES string of the molecule is Cc1cccc(C)c1CN(C)C(=O)C1(C)CO1. The normalized spacial score (nSPS) is 22.4. The standard InChI is InChI=1S/C14H19NO2/c1-10-6-5-7-11(2)12(10)8-15(4)13(16)14(3)9-17-14/h5-7H,8-9H2,1-4H3. The highest BCUT2D eigenvalue weighted by Gasteiger charge is 2.48. The van der Waals surface area contributed by atoms with Crippen LogP contribution < -0.4 is 0 Å². The first-order chi connectivity index (χ1) is 7.94. The molecular formula is C14H19NO2. The second-order valence-corrected chi connectivity index (χ2v) is 5.05. The van der Waals surface area contributed by atoms with Crippen molar-refractivity contribution in [1.29, 1.82) is 0 Å². The number of nitrogens with zero attached hydrogens (tertiary/aromatic N) is 1. The Bertz CT molecular complexity index is 429. The maximum atomic E-state index is 12.1. The van der Waals surface area contributed by atoms with Crippen LogP contribution in [0.25, 0.3) is 0 Å². The Morgan fingerprint density at radius 1 is 1.41 bits per heavy atom. The third-order valence-electron chi connectivity index (χ3n) is 3.42. The van der Waals surface area contributed by atoms with Crippen LogP contribution in [0.3, 0.4) is 0 Å². The van der Waals surface area contributed by atoms with Gasteiger partial charge in [-0.05, 0) is 37.5 Å². The van der Waals surface area contributed by atoms with Gasteiger partial charge in [0.2, 0.25) is 0 Å². The molecule has 1 aromatic carbocycles. The number of hydrogen-bond acceptors (Lipinski definition) is 2. The van der Waals surface area contributed by atoms with Crippen molar-refractivity contribution in [2.24, 2.45) is 0 Å². The molecule has 0 aromatic heterocycles. The monoisotopic (exact) mass is 233 g/mol. The molecule has 1 amide bonds. The molecule has 0 spiro atoms. The minimum Gasteiger partial charge on any atom is -0.359 e. The Hall–Kier alpha value is -1.35. The van der Waals surface area contributed by atoms with E-state index in [4.69, 9.17) is 4.74 Å². The van der Waals surface area contributed by atoms with Crippen LogP contribution in [0.5, 0.6) is 0 Å². The topological polar surface area (TPSA) is 32.8 Å². The lowest BCUT2D eigenvalue weighted by Gasteiger charge is -2.21. The predicted molar refractivity (Wildman–Crippen MR) is 66.7 cm³/mol. The quantitative estimate of drug-likeness (QED) is 0.749. The molecule has 1 aromatic rings. The summed E-state index contributed by atoms with van der Waals surface area (Å²) in [6.07, 6.45) is 0. The molecule has 0 saturated carbocycles. The van der Waals surface area contributed by atoms with E-state index in [0.29, 0.717) is 13.2 Å². The maximum absolute atomic E-state index is 12.1. The molecule has 0 N–H and O–H groups in total.